The second-order valence-corrected chi connectivity index (χ2v) is 6.61. The van der Waals surface area contributed by atoms with Crippen molar-refractivity contribution in [3.63, 3.8) is 0 Å². The van der Waals surface area contributed by atoms with Crippen LogP contribution in [0.4, 0.5) is 0 Å². The van der Waals surface area contributed by atoms with Crippen molar-refractivity contribution in [3.8, 4) is 5.75 Å². The Morgan fingerprint density at radius 2 is 2.00 bits per heavy atom. The first-order chi connectivity index (χ1) is 9.30. The van der Waals surface area contributed by atoms with Crippen molar-refractivity contribution in [3.05, 3.63) is 22.7 Å². The van der Waals surface area contributed by atoms with Gasteiger partial charge in [-0.15, -0.1) is 0 Å². The molecule has 8 heteroatoms. The van der Waals surface area contributed by atoms with Crippen LogP contribution in [0.1, 0.15) is 25.7 Å². The van der Waals surface area contributed by atoms with Gasteiger partial charge in [0.25, 0.3) is 0 Å². The molecule has 0 fully saturated rings. The smallest absolute Gasteiger partial charge is 0.303 e. The molecule has 0 unspecified atom stereocenters. The third-order valence-corrected chi connectivity index (χ3v) is 4.06. The highest BCUT2D eigenvalue weighted by atomic mass is 79.9. The van der Waals surface area contributed by atoms with E-state index in [0.29, 0.717) is 23.2 Å². The van der Waals surface area contributed by atoms with Crippen molar-refractivity contribution in [1.82, 2.24) is 0 Å². The van der Waals surface area contributed by atoms with Gasteiger partial charge < -0.3 is 9.84 Å². The summed E-state index contributed by atoms with van der Waals surface area (Å²) in [6.07, 6.45) is 2.27. The largest absolute Gasteiger partial charge is 0.492 e. The molecule has 0 aliphatic rings. The molecule has 20 heavy (non-hydrogen) atoms. The van der Waals surface area contributed by atoms with Gasteiger partial charge in [0.05, 0.1) is 16.0 Å². The Bertz CT molecular complexity index is 573. The lowest BCUT2D eigenvalue weighted by molar-refractivity contribution is -0.137. The third-order valence-electron chi connectivity index (χ3n) is 2.52. The van der Waals surface area contributed by atoms with Crippen LogP contribution < -0.4 is 9.88 Å². The maximum absolute atomic E-state index is 11.2. The minimum absolute atomic E-state index is 0.0122. The van der Waals surface area contributed by atoms with Gasteiger partial charge in [-0.05, 0) is 53.4 Å². The SMILES string of the molecule is NS(=O)(=O)c1ccc(OCCCCCC(=O)O)c(Br)c1. The molecule has 112 valence electrons. The number of hydrogen-bond acceptors (Lipinski definition) is 4. The van der Waals surface area contributed by atoms with Crippen molar-refractivity contribution in [2.45, 2.75) is 30.6 Å². The predicted molar refractivity (Wildman–Crippen MR) is 77.1 cm³/mol. The number of hydrogen-bond donors (Lipinski definition) is 2. The molecule has 1 aromatic carbocycles. The molecule has 0 aliphatic heterocycles. The standard InChI is InChI=1S/C12H16BrNO5S/c13-10-8-9(20(14,17)18)5-6-11(10)19-7-3-1-2-4-12(15)16/h5-6,8H,1-4,7H2,(H,15,16)(H2,14,17,18). The average Bonchev–Trinajstić information content (AvgIpc) is 2.33. The molecule has 0 spiro atoms. The molecule has 0 aliphatic carbocycles. The first-order valence-electron chi connectivity index (χ1n) is 5.97. The Balaban J connectivity index is 2.44. The van der Waals surface area contributed by atoms with Crippen LogP contribution in [0, 0.1) is 0 Å². The van der Waals surface area contributed by atoms with Crippen LogP contribution >= 0.6 is 15.9 Å². The highest BCUT2D eigenvalue weighted by Gasteiger charge is 2.10. The maximum Gasteiger partial charge on any atom is 0.303 e. The second-order valence-electron chi connectivity index (χ2n) is 4.19. The van der Waals surface area contributed by atoms with E-state index in [9.17, 15) is 13.2 Å². The lowest BCUT2D eigenvalue weighted by Gasteiger charge is -2.09. The number of primary sulfonamides is 1. The Labute approximate surface area is 126 Å². The van der Waals surface area contributed by atoms with Crippen molar-refractivity contribution in [2.75, 3.05) is 6.61 Å². The number of ether oxygens (including phenoxy) is 1. The van der Waals surface area contributed by atoms with Gasteiger partial charge in [-0.2, -0.15) is 0 Å². The molecule has 0 saturated carbocycles. The van der Waals surface area contributed by atoms with Crippen molar-refractivity contribution in [2.24, 2.45) is 5.14 Å². The molecule has 0 radical (unpaired) electrons. The van der Waals surface area contributed by atoms with Crippen LogP contribution in [0.25, 0.3) is 0 Å². The van der Waals surface area contributed by atoms with Gasteiger partial charge in [-0.1, -0.05) is 0 Å². The number of rotatable bonds is 8. The molecule has 0 bridgehead atoms. The Morgan fingerprint density at radius 3 is 2.55 bits per heavy atom. The molecule has 0 aromatic heterocycles. The average molecular weight is 366 g/mol. The van der Waals surface area contributed by atoms with Crippen LogP contribution in [0.15, 0.2) is 27.6 Å². The number of benzene rings is 1. The molecule has 1 rings (SSSR count). The van der Waals surface area contributed by atoms with E-state index in [2.05, 4.69) is 15.9 Å². The number of aliphatic carboxylic acids is 1. The summed E-state index contributed by atoms with van der Waals surface area (Å²) in [4.78, 5) is 10.3. The first-order valence-corrected chi connectivity index (χ1v) is 8.31. The summed E-state index contributed by atoms with van der Waals surface area (Å²) in [7, 11) is -3.72. The van der Waals surface area contributed by atoms with Gasteiger partial charge in [-0.25, -0.2) is 13.6 Å². The van der Waals surface area contributed by atoms with Gasteiger partial charge >= 0.3 is 5.97 Å². The summed E-state index contributed by atoms with van der Waals surface area (Å²) < 4.78 is 28.3. The normalized spacial score (nSPS) is 11.3. The Hall–Kier alpha value is -1.12. The van der Waals surface area contributed by atoms with Crippen LogP contribution in [-0.4, -0.2) is 26.1 Å². The first kappa shape index (κ1) is 16.9. The van der Waals surface area contributed by atoms with Gasteiger partial charge in [0, 0.05) is 6.42 Å². The fraction of sp³-hybridized carbons (Fsp3) is 0.417. The molecular formula is C12H16BrNO5S. The van der Waals surface area contributed by atoms with Gasteiger partial charge in [0.15, 0.2) is 0 Å². The quantitative estimate of drug-likeness (QED) is 0.686. The zero-order chi connectivity index (χ0) is 15.2. The lowest BCUT2D eigenvalue weighted by atomic mass is 10.2. The molecule has 1 aromatic rings. The minimum atomic E-state index is -3.72. The molecule has 3 N–H and O–H groups in total. The minimum Gasteiger partial charge on any atom is -0.492 e. The van der Waals surface area contributed by atoms with E-state index in [1.54, 1.807) is 0 Å². The number of halogens is 1. The van der Waals surface area contributed by atoms with E-state index in [4.69, 9.17) is 15.0 Å². The maximum atomic E-state index is 11.2. The van der Waals surface area contributed by atoms with E-state index in [-0.39, 0.29) is 11.3 Å². The van der Waals surface area contributed by atoms with E-state index in [1.807, 2.05) is 0 Å². The van der Waals surface area contributed by atoms with Gasteiger partial charge in [-0.3, -0.25) is 4.79 Å². The highest BCUT2D eigenvalue weighted by Crippen LogP contribution is 2.27. The van der Waals surface area contributed by atoms with Crippen LogP contribution in [0.2, 0.25) is 0 Å². The summed E-state index contributed by atoms with van der Waals surface area (Å²) in [5.41, 5.74) is 0. The zero-order valence-corrected chi connectivity index (χ0v) is 13.1. The fourth-order valence-corrected chi connectivity index (χ4v) is 2.70. The predicted octanol–water partition coefficient (Wildman–Crippen LogP) is 2.12. The number of unbranched alkanes of at least 4 members (excludes halogenated alkanes) is 2. The summed E-state index contributed by atoms with van der Waals surface area (Å²) in [5, 5.41) is 13.5. The second kappa shape index (κ2) is 7.61. The van der Waals surface area contributed by atoms with Crippen molar-refractivity contribution >= 4 is 31.9 Å². The Kier molecular flexibility index (Phi) is 6.44. The van der Waals surface area contributed by atoms with E-state index in [0.717, 1.165) is 12.8 Å². The molecule has 6 nitrogen and oxygen atoms in total. The Morgan fingerprint density at radius 1 is 1.30 bits per heavy atom. The molecular weight excluding hydrogens is 350 g/mol. The third kappa shape index (κ3) is 5.89. The fourth-order valence-electron chi connectivity index (χ4n) is 1.51. The topological polar surface area (TPSA) is 107 Å². The monoisotopic (exact) mass is 365 g/mol. The van der Waals surface area contributed by atoms with E-state index in [1.165, 1.54) is 18.2 Å². The van der Waals surface area contributed by atoms with Gasteiger partial charge in [0.2, 0.25) is 10.0 Å². The van der Waals surface area contributed by atoms with Crippen LogP contribution in [0.3, 0.4) is 0 Å². The van der Waals surface area contributed by atoms with Crippen molar-refractivity contribution < 1.29 is 23.1 Å². The number of carboxylic acid groups (broad SMARTS) is 1. The molecule has 0 amide bonds. The summed E-state index contributed by atoms with van der Waals surface area (Å²) in [6, 6.07) is 4.29. The number of nitrogens with two attached hydrogens (primary N) is 1. The number of carbonyl (C=O) groups is 1. The molecule has 0 saturated heterocycles. The number of sulfonamides is 1. The zero-order valence-electron chi connectivity index (χ0n) is 10.7. The highest BCUT2D eigenvalue weighted by molar-refractivity contribution is 9.10. The van der Waals surface area contributed by atoms with Crippen LogP contribution in [0.5, 0.6) is 5.75 Å². The molecule has 0 heterocycles. The summed E-state index contributed by atoms with van der Waals surface area (Å²) in [6.45, 7) is 0.437. The van der Waals surface area contributed by atoms with Gasteiger partial charge in [0.1, 0.15) is 5.75 Å². The molecule has 0 atom stereocenters. The lowest BCUT2D eigenvalue weighted by Crippen LogP contribution is -2.12. The van der Waals surface area contributed by atoms with E-state index >= 15 is 0 Å². The summed E-state index contributed by atoms with van der Waals surface area (Å²) >= 11 is 3.22. The van der Waals surface area contributed by atoms with Crippen LogP contribution in [-0.2, 0) is 14.8 Å². The van der Waals surface area contributed by atoms with E-state index < -0.39 is 16.0 Å². The van der Waals surface area contributed by atoms with Crippen molar-refractivity contribution in [1.29, 1.82) is 0 Å². The number of carboxylic acids is 1. The summed E-state index contributed by atoms with van der Waals surface area (Å²) in [5.74, 6) is -0.275.